The first-order valence-electron chi connectivity index (χ1n) is 10.0. The number of thiocarbonyl (C=S) groups is 1. The van der Waals surface area contributed by atoms with Gasteiger partial charge in [0.15, 0.2) is 5.11 Å². The lowest BCUT2D eigenvalue weighted by Crippen LogP contribution is -2.35. The third-order valence-corrected chi connectivity index (χ3v) is 5.13. The number of para-hydroxylation sites is 1. The van der Waals surface area contributed by atoms with Crippen molar-refractivity contribution in [2.24, 2.45) is 0 Å². The van der Waals surface area contributed by atoms with Gasteiger partial charge in [-0.05, 0) is 36.3 Å². The summed E-state index contributed by atoms with van der Waals surface area (Å²) in [6.07, 6.45) is 3.00. The summed E-state index contributed by atoms with van der Waals surface area (Å²) in [5.74, 6) is 0. The molecule has 0 radical (unpaired) electrons. The minimum atomic E-state index is 0.605. The SMILES string of the molecule is S=C(NCCc1ccccc1)NCc1cn(-c2ccccc2)nc1-c1ccccc1. The van der Waals surface area contributed by atoms with Crippen LogP contribution in [0, 0.1) is 0 Å². The van der Waals surface area contributed by atoms with Crippen LogP contribution in [0.5, 0.6) is 0 Å². The molecule has 4 aromatic rings. The van der Waals surface area contributed by atoms with Crippen molar-refractivity contribution in [3.05, 3.63) is 108 Å². The largest absolute Gasteiger partial charge is 0.362 e. The van der Waals surface area contributed by atoms with Gasteiger partial charge in [-0.15, -0.1) is 0 Å². The molecule has 0 aliphatic rings. The van der Waals surface area contributed by atoms with Crippen LogP contribution in [-0.2, 0) is 13.0 Å². The first-order chi connectivity index (χ1) is 14.8. The van der Waals surface area contributed by atoms with Crippen LogP contribution in [0.3, 0.4) is 0 Å². The quantitative estimate of drug-likeness (QED) is 0.430. The molecule has 0 aliphatic heterocycles. The summed E-state index contributed by atoms with van der Waals surface area (Å²) in [5, 5.41) is 12.1. The number of hydrogen-bond donors (Lipinski definition) is 2. The Labute approximate surface area is 182 Å². The molecule has 150 valence electrons. The summed E-state index contributed by atoms with van der Waals surface area (Å²) in [4.78, 5) is 0. The maximum Gasteiger partial charge on any atom is 0.166 e. The van der Waals surface area contributed by atoms with Crippen molar-refractivity contribution >= 4 is 17.3 Å². The highest BCUT2D eigenvalue weighted by Gasteiger charge is 2.12. The summed E-state index contributed by atoms with van der Waals surface area (Å²) in [7, 11) is 0. The summed E-state index contributed by atoms with van der Waals surface area (Å²) in [6, 6.07) is 30.8. The highest BCUT2D eigenvalue weighted by Crippen LogP contribution is 2.23. The molecular weight excluding hydrogens is 388 g/mol. The van der Waals surface area contributed by atoms with Gasteiger partial charge in [0.2, 0.25) is 0 Å². The van der Waals surface area contributed by atoms with Gasteiger partial charge in [0.05, 0.1) is 11.4 Å². The van der Waals surface area contributed by atoms with Gasteiger partial charge in [-0.3, -0.25) is 0 Å². The number of nitrogens with one attached hydrogen (secondary N) is 2. The van der Waals surface area contributed by atoms with E-state index in [4.69, 9.17) is 17.3 Å². The number of benzene rings is 3. The van der Waals surface area contributed by atoms with E-state index in [0.717, 1.165) is 35.5 Å². The van der Waals surface area contributed by atoms with Crippen molar-refractivity contribution in [2.75, 3.05) is 6.54 Å². The molecule has 2 N–H and O–H groups in total. The Kier molecular flexibility index (Phi) is 6.52. The lowest BCUT2D eigenvalue weighted by molar-refractivity contribution is 0.814. The van der Waals surface area contributed by atoms with Gasteiger partial charge in [-0.25, -0.2) is 4.68 Å². The smallest absolute Gasteiger partial charge is 0.166 e. The zero-order chi connectivity index (χ0) is 20.6. The fraction of sp³-hybridized carbons (Fsp3) is 0.120. The van der Waals surface area contributed by atoms with Crippen LogP contribution in [0.2, 0.25) is 0 Å². The Balaban J connectivity index is 1.43. The van der Waals surface area contributed by atoms with Crippen LogP contribution in [0.25, 0.3) is 16.9 Å². The molecule has 0 unspecified atom stereocenters. The third-order valence-electron chi connectivity index (χ3n) is 4.84. The van der Waals surface area contributed by atoms with Crippen molar-refractivity contribution in [3.63, 3.8) is 0 Å². The van der Waals surface area contributed by atoms with Crippen LogP contribution in [0.4, 0.5) is 0 Å². The van der Waals surface area contributed by atoms with Gasteiger partial charge >= 0.3 is 0 Å². The summed E-state index contributed by atoms with van der Waals surface area (Å²) in [5.41, 5.74) is 5.47. The zero-order valence-electron chi connectivity index (χ0n) is 16.7. The van der Waals surface area contributed by atoms with E-state index < -0.39 is 0 Å². The van der Waals surface area contributed by atoms with E-state index >= 15 is 0 Å². The fourth-order valence-electron chi connectivity index (χ4n) is 3.29. The topological polar surface area (TPSA) is 41.9 Å². The molecule has 0 saturated heterocycles. The molecule has 1 heterocycles. The second-order valence-electron chi connectivity index (χ2n) is 6.99. The third kappa shape index (κ3) is 5.13. The average Bonchev–Trinajstić information content (AvgIpc) is 3.24. The molecule has 30 heavy (non-hydrogen) atoms. The van der Waals surface area contributed by atoms with E-state index in [1.54, 1.807) is 0 Å². The Morgan fingerprint density at radius 3 is 2.13 bits per heavy atom. The summed E-state index contributed by atoms with van der Waals surface area (Å²) >= 11 is 5.48. The van der Waals surface area contributed by atoms with Gasteiger partial charge in [0.1, 0.15) is 0 Å². The Bertz CT molecular complexity index is 1080. The maximum atomic E-state index is 5.48. The number of nitrogens with zero attached hydrogens (tertiary/aromatic N) is 2. The first-order valence-corrected chi connectivity index (χ1v) is 10.5. The van der Waals surface area contributed by atoms with Gasteiger partial charge in [-0.1, -0.05) is 78.9 Å². The molecule has 1 aromatic heterocycles. The number of rotatable bonds is 7. The molecule has 4 nitrogen and oxygen atoms in total. The van der Waals surface area contributed by atoms with Gasteiger partial charge in [0.25, 0.3) is 0 Å². The van der Waals surface area contributed by atoms with Gasteiger partial charge in [0, 0.05) is 30.4 Å². The van der Waals surface area contributed by atoms with Crippen LogP contribution in [-0.4, -0.2) is 21.4 Å². The van der Waals surface area contributed by atoms with E-state index in [1.807, 2.05) is 47.1 Å². The predicted octanol–water partition coefficient (Wildman–Crippen LogP) is 4.75. The van der Waals surface area contributed by atoms with Crippen molar-refractivity contribution in [1.29, 1.82) is 0 Å². The summed E-state index contributed by atoms with van der Waals surface area (Å²) in [6.45, 7) is 1.40. The fourth-order valence-corrected chi connectivity index (χ4v) is 3.47. The lowest BCUT2D eigenvalue weighted by atomic mass is 10.1. The zero-order valence-corrected chi connectivity index (χ0v) is 17.5. The van der Waals surface area contributed by atoms with Crippen molar-refractivity contribution in [2.45, 2.75) is 13.0 Å². The second kappa shape index (κ2) is 9.85. The van der Waals surface area contributed by atoms with E-state index in [2.05, 4.69) is 65.4 Å². The minimum absolute atomic E-state index is 0.605. The second-order valence-corrected chi connectivity index (χ2v) is 7.40. The van der Waals surface area contributed by atoms with Crippen molar-refractivity contribution in [1.82, 2.24) is 20.4 Å². The van der Waals surface area contributed by atoms with Crippen molar-refractivity contribution < 1.29 is 0 Å². The molecule has 0 amide bonds. The first kappa shape index (κ1) is 19.9. The molecular formula is C25H24N4S. The normalized spacial score (nSPS) is 10.5. The lowest BCUT2D eigenvalue weighted by Gasteiger charge is -2.10. The van der Waals surface area contributed by atoms with Crippen LogP contribution in [0.15, 0.2) is 97.2 Å². The van der Waals surface area contributed by atoms with Gasteiger partial charge < -0.3 is 10.6 Å². The minimum Gasteiger partial charge on any atom is -0.362 e. The molecule has 5 heteroatoms. The van der Waals surface area contributed by atoms with E-state index in [1.165, 1.54) is 5.56 Å². The number of aromatic nitrogens is 2. The molecule has 0 saturated carbocycles. The summed E-state index contributed by atoms with van der Waals surface area (Å²) < 4.78 is 1.92. The van der Waals surface area contributed by atoms with Crippen LogP contribution < -0.4 is 10.6 Å². The average molecular weight is 413 g/mol. The molecule has 0 spiro atoms. The van der Waals surface area contributed by atoms with Crippen LogP contribution >= 0.6 is 12.2 Å². The standard InChI is InChI=1S/C25H24N4S/c30-25(26-17-16-20-10-4-1-5-11-20)27-18-22-19-29(23-14-8-3-9-15-23)28-24(22)21-12-6-2-7-13-21/h1-15,19H,16-18H2,(H2,26,27,30). The molecule has 4 rings (SSSR count). The Hall–Kier alpha value is -3.44. The molecule has 0 aliphatic carbocycles. The molecule has 3 aromatic carbocycles. The monoisotopic (exact) mass is 412 g/mol. The maximum absolute atomic E-state index is 5.48. The van der Waals surface area contributed by atoms with Crippen LogP contribution in [0.1, 0.15) is 11.1 Å². The highest BCUT2D eigenvalue weighted by atomic mass is 32.1. The number of hydrogen-bond acceptors (Lipinski definition) is 2. The van der Waals surface area contributed by atoms with E-state index in [0.29, 0.717) is 11.7 Å². The van der Waals surface area contributed by atoms with E-state index in [9.17, 15) is 0 Å². The Morgan fingerprint density at radius 2 is 1.43 bits per heavy atom. The highest BCUT2D eigenvalue weighted by molar-refractivity contribution is 7.80. The van der Waals surface area contributed by atoms with E-state index in [-0.39, 0.29) is 0 Å². The Morgan fingerprint density at radius 1 is 0.800 bits per heavy atom. The molecule has 0 bridgehead atoms. The molecule has 0 atom stereocenters. The van der Waals surface area contributed by atoms with Gasteiger partial charge in [-0.2, -0.15) is 5.10 Å². The van der Waals surface area contributed by atoms with Crippen molar-refractivity contribution in [3.8, 4) is 16.9 Å². The predicted molar refractivity (Wildman–Crippen MR) is 127 cm³/mol. The molecule has 0 fully saturated rings.